The molecular weight excluding hydrogens is 260 g/mol. The van der Waals surface area contributed by atoms with Crippen molar-refractivity contribution in [3.63, 3.8) is 0 Å². The van der Waals surface area contributed by atoms with Crippen molar-refractivity contribution < 1.29 is 14.3 Å². The van der Waals surface area contributed by atoms with Crippen LogP contribution >= 0.6 is 0 Å². The lowest BCUT2D eigenvalue weighted by atomic mass is 10.1. The fraction of sp³-hybridized carbons (Fsp3) is 0.308. The zero-order valence-corrected chi connectivity index (χ0v) is 11.3. The molecule has 106 valence electrons. The van der Waals surface area contributed by atoms with Crippen molar-refractivity contribution in [2.24, 2.45) is 10.7 Å². The van der Waals surface area contributed by atoms with Gasteiger partial charge in [0.05, 0.1) is 0 Å². The molecule has 0 spiro atoms. The molecule has 0 aromatic heterocycles. The minimum Gasteiger partial charge on any atom is -0.375 e. The van der Waals surface area contributed by atoms with Gasteiger partial charge < -0.3 is 15.8 Å². The van der Waals surface area contributed by atoms with E-state index in [1.807, 2.05) is 0 Å². The van der Waals surface area contributed by atoms with Crippen LogP contribution in [0.3, 0.4) is 0 Å². The predicted octanol–water partition coefficient (Wildman–Crippen LogP) is 0.0993. The van der Waals surface area contributed by atoms with Crippen molar-refractivity contribution in [2.45, 2.75) is 6.04 Å². The molecule has 3 N–H and O–H groups in total. The van der Waals surface area contributed by atoms with Crippen molar-refractivity contribution in [1.29, 1.82) is 0 Å². The summed E-state index contributed by atoms with van der Waals surface area (Å²) < 4.78 is 4.74. The van der Waals surface area contributed by atoms with Crippen LogP contribution < -0.4 is 11.1 Å². The zero-order valence-electron chi connectivity index (χ0n) is 11.3. The molecule has 7 heteroatoms. The highest BCUT2D eigenvalue weighted by atomic mass is 16.5. The molecule has 7 nitrogen and oxygen atoms in total. The lowest BCUT2D eigenvalue weighted by Gasteiger charge is -2.11. The minimum absolute atomic E-state index is 0.0274. The Labute approximate surface area is 116 Å². The number of nitrogens with two attached hydrogens (primary N) is 1. The Morgan fingerprint density at radius 3 is 2.90 bits per heavy atom. The molecule has 1 aromatic carbocycles. The van der Waals surface area contributed by atoms with Gasteiger partial charge in [-0.05, 0) is 17.7 Å². The van der Waals surface area contributed by atoms with Gasteiger partial charge in [0, 0.05) is 19.8 Å². The summed E-state index contributed by atoms with van der Waals surface area (Å²) >= 11 is 0. The average molecular weight is 276 g/mol. The standard InChI is InChI=1S/C13H16N4O3/c1-17-12(19)11(16-13(17)14)8-4-3-5-9(6-8)15-10(18)7-20-2/h3-6,11H,7H2,1-2H3,(H2,14,16)(H,15,18). The van der Waals surface area contributed by atoms with Crippen molar-refractivity contribution >= 4 is 23.5 Å². The van der Waals surface area contributed by atoms with Gasteiger partial charge in [-0.2, -0.15) is 0 Å². The second-order valence-electron chi connectivity index (χ2n) is 4.39. The van der Waals surface area contributed by atoms with Gasteiger partial charge in [-0.25, -0.2) is 4.99 Å². The van der Waals surface area contributed by atoms with Crippen molar-refractivity contribution in [2.75, 3.05) is 26.1 Å². The topological polar surface area (TPSA) is 97.0 Å². The Balaban J connectivity index is 2.18. The van der Waals surface area contributed by atoms with E-state index in [0.717, 1.165) is 0 Å². The molecule has 0 bridgehead atoms. The van der Waals surface area contributed by atoms with Crippen LogP contribution in [0.1, 0.15) is 11.6 Å². The first-order valence-corrected chi connectivity index (χ1v) is 6.02. The third kappa shape index (κ3) is 2.77. The summed E-state index contributed by atoms with van der Waals surface area (Å²) in [4.78, 5) is 28.8. The van der Waals surface area contributed by atoms with Gasteiger partial charge in [0.25, 0.3) is 5.91 Å². The van der Waals surface area contributed by atoms with Crippen LogP contribution in [0.4, 0.5) is 5.69 Å². The maximum atomic E-state index is 12.0. The van der Waals surface area contributed by atoms with E-state index in [-0.39, 0.29) is 24.4 Å². The van der Waals surface area contributed by atoms with E-state index in [1.165, 1.54) is 12.0 Å². The molecule has 0 saturated carbocycles. The van der Waals surface area contributed by atoms with Gasteiger partial charge in [-0.15, -0.1) is 0 Å². The van der Waals surface area contributed by atoms with E-state index in [9.17, 15) is 9.59 Å². The number of benzene rings is 1. The average Bonchev–Trinajstić information content (AvgIpc) is 2.67. The monoisotopic (exact) mass is 276 g/mol. The maximum absolute atomic E-state index is 12.0. The van der Waals surface area contributed by atoms with E-state index in [2.05, 4.69) is 10.3 Å². The normalized spacial score (nSPS) is 18.1. The SMILES string of the molecule is COCC(=O)Nc1cccc(C2N=C(N)N(C)C2=O)c1. The van der Waals surface area contributed by atoms with Gasteiger partial charge in [-0.3, -0.25) is 14.5 Å². The summed E-state index contributed by atoms with van der Waals surface area (Å²) in [5, 5.41) is 2.68. The van der Waals surface area contributed by atoms with Gasteiger partial charge in [-0.1, -0.05) is 12.1 Å². The lowest BCUT2D eigenvalue weighted by molar-refractivity contribution is -0.126. The van der Waals surface area contributed by atoms with E-state index in [1.54, 1.807) is 31.3 Å². The number of aliphatic imine (C=N–C) groups is 1. The third-order valence-corrected chi connectivity index (χ3v) is 2.93. The molecule has 1 atom stereocenters. The Morgan fingerprint density at radius 1 is 1.55 bits per heavy atom. The number of nitrogens with one attached hydrogen (secondary N) is 1. The van der Waals surface area contributed by atoms with Crippen molar-refractivity contribution in [3.05, 3.63) is 29.8 Å². The first kappa shape index (κ1) is 14.0. The van der Waals surface area contributed by atoms with Crippen LogP contribution in [-0.4, -0.2) is 43.4 Å². The molecule has 1 heterocycles. The number of carbonyl (C=O) groups excluding carboxylic acids is 2. The fourth-order valence-electron chi connectivity index (χ4n) is 1.90. The summed E-state index contributed by atoms with van der Waals surface area (Å²) in [5.41, 5.74) is 6.89. The summed E-state index contributed by atoms with van der Waals surface area (Å²) in [6.45, 7) is -0.0274. The number of carbonyl (C=O) groups is 2. The molecule has 0 aliphatic carbocycles. The number of ether oxygens (including phenoxy) is 1. The highest BCUT2D eigenvalue weighted by molar-refractivity contribution is 6.04. The fourth-order valence-corrected chi connectivity index (χ4v) is 1.90. The maximum Gasteiger partial charge on any atom is 0.258 e. The Hall–Kier alpha value is -2.41. The van der Waals surface area contributed by atoms with Crippen molar-refractivity contribution in [3.8, 4) is 0 Å². The Bertz CT molecular complexity index is 570. The summed E-state index contributed by atoms with van der Waals surface area (Å²) in [6.07, 6.45) is 0. The van der Waals surface area contributed by atoms with Crippen LogP contribution in [-0.2, 0) is 14.3 Å². The molecule has 0 saturated heterocycles. The van der Waals surface area contributed by atoms with Crippen LogP contribution in [0.25, 0.3) is 0 Å². The molecule has 1 unspecified atom stereocenters. The van der Waals surface area contributed by atoms with E-state index < -0.39 is 6.04 Å². The quantitative estimate of drug-likeness (QED) is 0.815. The Kier molecular flexibility index (Phi) is 3.99. The Morgan fingerprint density at radius 2 is 2.30 bits per heavy atom. The molecule has 2 rings (SSSR count). The predicted molar refractivity (Wildman–Crippen MR) is 74.1 cm³/mol. The van der Waals surface area contributed by atoms with Crippen LogP contribution in [0.5, 0.6) is 0 Å². The number of anilines is 1. The third-order valence-electron chi connectivity index (χ3n) is 2.93. The number of nitrogens with zero attached hydrogens (tertiary/aromatic N) is 2. The van der Waals surface area contributed by atoms with E-state index >= 15 is 0 Å². The largest absolute Gasteiger partial charge is 0.375 e. The molecular formula is C13H16N4O3. The number of amides is 2. The van der Waals surface area contributed by atoms with Gasteiger partial charge in [0.2, 0.25) is 5.91 Å². The molecule has 1 aromatic rings. The zero-order chi connectivity index (χ0) is 14.7. The van der Waals surface area contributed by atoms with Crippen LogP contribution in [0, 0.1) is 0 Å². The molecule has 2 amide bonds. The second-order valence-corrected chi connectivity index (χ2v) is 4.39. The number of likely N-dealkylation sites (N-methyl/N-ethyl adjacent to an activating group) is 1. The lowest BCUT2D eigenvalue weighted by Crippen LogP contribution is -2.34. The van der Waals surface area contributed by atoms with Crippen molar-refractivity contribution in [1.82, 2.24) is 4.90 Å². The van der Waals surface area contributed by atoms with E-state index in [0.29, 0.717) is 11.3 Å². The summed E-state index contributed by atoms with van der Waals surface area (Å²) in [5.74, 6) is -0.265. The second kappa shape index (κ2) is 5.70. The number of hydrogen-bond acceptors (Lipinski definition) is 5. The van der Waals surface area contributed by atoms with Crippen LogP contribution in [0.2, 0.25) is 0 Å². The number of methoxy groups -OCH3 is 1. The summed E-state index contributed by atoms with van der Waals surface area (Å²) in [6, 6.07) is 6.29. The molecule has 0 radical (unpaired) electrons. The molecule has 1 aliphatic rings. The van der Waals surface area contributed by atoms with Gasteiger partial charge in [0.1, 0.15) is 6.61 Å². The first-order valence-electron chi connectivity index (χ1n) is 6.02. The molecule has 0 fully saturated rings. The number of hydrogen-bond donors (Lipinski definition) is 2. The molecule has 1 aliphatic heterocycles. The first-order chi connectivity index (χ1) is 9.52. The highest BCUT2D eigenvalue weighted by Crippen LogP contribution is 2.26. The number of rotatable bonds is 4. The summed E-state index contributed by atoms with van der Waals surface area (Å²) in [7, 11) is 3.02. The van der Waals surface area contributed by atoms with Gasteiger partial charge >= 0.3 is 0 Å². The van der Waals surface area contributed by atoms with Crippen LogP contribution in [0.15, 0.2) is 29.3 Å². The smallest absolute Gasteiger partial charge is 0.258 e. The number of guanidine groups is 1. The highest BCUT2D eigenvalue weighted by Gasteiger charge is 2.31. The van der Waals surface area contributed by atoms with E-state index in [4.69, 9.17) is 10.5 Å². The molecule has 20 heavy (non-hydrogen) atoms. The minimum atomic E-state index is -0.653. The van der Waals surface area contributed by atoms with Gasteiger partial charge in [0.15, 0.2) is 12.0 Å².